The molecule has 3 rings (SSSR count). The van der Waals surface area contributed by atoms with Crippen LogP contribution in [0.4, 0.5) is 0 Å². The Balaban J connectivity index is 1.56. The molecular formula is C24H30N4O4S2. The number of carboxylic acid groups (broad SMARTS) is 1. The van der Waals surface area contributed by atoms with Gasteiger partial charge in [0.1, 0.15) is 11.5 Å². The molecule has 0 unspecified atom stereocenters. The van der Waals surface area contributed by atoms with Crippen LogP contribution in [0.5, 0.6) is 11.5 Å². The smallest absolute Gasteiger partial charge is 0.335 e. The van der Waals surface area contributed by atoms with Crippen molar-refractivity contribution >= 4 is 29.5 Å². The number of phenols is 2. The summed E-state index contributed by atoms with van der Waals surface area (Å²) < 4.78 is 1.44. The molecule has 0 bridgehead atoms. The second-order valence-corrected chi connectivity index (χ2v) is 10.1. The van der Waals surface area contributed by atoms with Crippen molar-refractivity contribution in [2.75, 3.05) is 5.75 Å². The van der Waals surface area contributed by atoms with Gasteiger partial charge in [-0.25, -0.2) is 4.79 Å². The van der Waals surface area contributed by atoms with Gasteiger partial charge in [0.15, 0.2) is 0 Å². The zero-order valence-electron chi connectivity index (χ0n) is 19.2. The van der Waals surface area contributed by atoms with E-state index in [1.807, 2.05) is 0 Å². The third kappa shape index (κ3) is 7.39. The number of hydrogen-bond donors (Lipinski definition) is 3. The summed E-state index contributed by atoms with van der Waals surface area (Å²) in [4.78, 5) is 12.1. The number of aromatic nitrogens is 4. The minimum absolute atomic E-state index is 0.0389. The van der Waals surface area contributed by atoms with Gasteiger partial charge in [0.2, 0.25) is 5.16 Å². The number of aromatic carboxylic acids is 1. The average Bonchev–Trinajstić information content (AvgIpc) is 3.29. The molecule has 8 nitrogen and oxygen atoms in total. The molecule has 0 aliphatic carbocycles. The highest BCUT2D eigenvalue weighted by molar-refractivity contribution is 7.99. The summed E-state index contributed by atoms with van der Waals surface area (Å²) in [5, 5.41) is 42.1. The van der Waals surface area contributed by atoms with Crippen LogP contribution >= 0.6 is 23.5 Å². The standard InChI is InChI=1S/C24H30N4O4S2/c1-2-3-4-5-6-7-8-9-14-33-21-15-20(30)22(16-19(21)29)34-24-25-26-27-28(24)18-12-10-17(11-13-18)23(31)32/h10-13,15-16,29-30H,2-9,14H2,1H3,(H,31,32). The van der Waals surface area contributed by atoms with Crippen LogP contribution < -0.4 is 0 Å². The molecule has 34 heavy (non-hydrogen) atoms. The van der Waals surface area contributed by atoms with E-state index in [0.29, 0.717) is 20.6 Å². The number of phenolic OH excluding ortho intramolecular Hbond substituents is 2. The Kier molecular flexibility index (Phi) is 10.1. The van der Waals surface area contributed by atoms with Crippen LogP contribution in [-0.4, -0.2) is 47.2 Å². The molecule has 0 fully saturated rings. The molecule has 10 heteroatoms. The molecule has 0 aliphatic rings. The summed E-state index contributed by atoms with van der Waals surface area (Å²) in [5.74, 6) is 0.0179. The lowest BCUT2D eigenvalue weighted by atomic mass is 10.1. The second kappa shape index (κ2) is 13.2. The fourth-order valence-corrected chi connectivity index (χ4v) is 5.21. The van der Waals surface area contributed by atoms with Crippen molar-refractivity contribution in [3.63, 3.8) is 0 Å². The van der Waals surface area contributed by atoms with Crippen LogP contribution in [0.1, 0.15) is 68.6 Å². The second-order valence-electron chi connectivity index (χ2n) is 7.94. The molecule has 1 aromatic heterocycles. The number of thioether (sulfide) groups is 1. The first-order chi connectivity index (χ1) is 16.5. The van der Waals surface area contributed by atoms with E-state index >= 15 is 0 Å². The largest absolute Gasteiger partial charge is 0.507 e. The number of aromatic hydroxyl groups is 2. The SMILES string of the molecule is CCCCCCCCCCSc1cc(O)c(Sc2nnnn2-c2ccc(C(=O)O)cc2)cc1O. The van der Waals surface area contributed by atoms with Gasteiger partial charge < -0.3 is 15.3 Å². The Morgan fingerprint density at radius 1 is 0.912 bits per heavy atom. The van der Waals surface area contributed by atoms with Gasteiger partial charge in [-0.05, 0) is 70.8 Å². The van der Waals surface area contributed by atoms with E-state index < -0.39 is 5.97 Å². The molecule has 0 amide bonds. The summed E-state index contributed by atoms with van der Waals surface area (Å²) in [6, 6.07) is 9.23. The minimum atomic E-state index is -1.02. The van der Waals surface area contributed by atoms with Gasteiger partial charge in [-0.2, -0.15) is 4.68 Å². The van der Waals surface area contributed by atoms with E-state index in [-0.39, 0.29) is 17.1 Å². The Bertz CT molecular complexity index is 1070. The van der Waals surface area contributed by atoms with Gasteiger partial charge >= 0.3 is 5.97 Å². The van der Waals surface area contributed by atoms with Crippen molar-refractivity contribution in [2.24, 2.45) is 0 Å². The van der Waals surface area contributed by atoms with Gasteiger partial charge in [0.25, 0.3) is 0 Å². The molecule has 0 atom stereocenters. The van der Waals surface area contributed by atoms with Crippen LogP contribution in [0.3, 0.4) is 0 Å². The van der Waals surface area contributed by atoms with Crippen LogP contribution in [-0.2, 0) is 0 Å². The predicted octanol–water partition coefficient (Wildman–Crippen LogP) is 6.16. The first-order valence-electron chi connectivity index (χ1n) is 11.5. The van der Waals surface area contributed by atoms with E-state index in [9.17, 15) is 15.0 Å². The van der Waals surface area contributed by atoms with Crippen molar-refractivity contribution < 1.29 is 20.1 Å². The molecule has 0 saturated heterocycles. The van der Waals surface area contributed by atoms with Crippen LogP contribution in [0.25, 0.3) is 5.69 Å². The third-order valence-corrected chi connectivity index (χ3v) is 7.41. The maximum atomic E-state index is 11.1. The number of nitrogens with zero attached hydrogens (tertiary/aromatic N) is 4. The van der Waals surface area contributed by atoms with Crippen LogP contribution in [0.15, 0.2) is 51.3 Å². The summed E-state index contributed by atoms with van der Waals surface area (Å²) in [6.07, 6.45) is 10.0. The normalized spacial score (nSPS) is 11.1. The Hall–Kier alpha value is -2.72. The molecule has 0 spiro atoms. The molecule has 182 valence electrons. The van der Waals surface area contributed by atoms with Gasteiger partial charge in [-0.3, -0.25) is 0 Å². The summed E-state index contributed by atoms with van der Waals surface area (Å²) in [5.41, 5.74) is 0.743. The molecule has 2 aromatic carbocycles. The zero-order chi connectivity index (χ0) is 24.3. The van der Waals surface area contributed by atoms with Crippen molar-refractivity contribution in [2.45, 2.75) is 73.2 Å². The first kappa shape index (κ1) is 25.9. The maximum Gasteiger partial charge on any atom is 0.335 e. The molecular weight excluding hydrogens is 472 g/mol. The number of benzene rings is 2. The van der Waals surface area contributed by atoms with Crippen molar-refractivity contribution in [1.29, 1.82) is 0 Å². The van der Waals surface area contributed by atoms with Crippen molar-refractivity contribution in [1.82, 2.24) is 20.2 Å². The van der Waals surface area contributed by atoms with Crippen molar-refractivity contribution in [3.05, 3.63) is 42.0 Å². The number of hydrogen-bond acceptors (Lipinski definition) is 8. The molecule has 0 saturated carbocycles. The third-order valence-electron chi connectivity index (χ3n) is 5.30. The van der Waals surface area contributed by atoms with Gasteiger partial charge in [0.05, 0.1) is 21.0 Å². The lowest BCUT2D eigenvalue weighted by Gasteiger charge is -2.10. The average molecular weight is 503 g/mol. The molecule has 0 aliphatic heterocycles. The highest BCUT2D eigenvalue weighted by atomic mass is 32.2. The quantitative estimate of drug-likeness (QED) is 0.135. The number of unbranched alkanes of at least 4 members (excludes halogenated alkanes) is 7. The van der Waals surface area contributed by atoms with Gasteiger partial charge in [-0.1, -0.05) is 51.9 Å². The Morgan fingerprint density at radius 2 is 1.53 bits per heavy atom. The van der Waals surface area contributed by atoms with E-state index in [2.05, 4.69) is 22.4 Å². The molecule has 3 aromatic rings. The molecule has 3 N–H and O–H groups in total. The summed E-state index contributed by atoms with van der Waals surface area (Å²) >= 11 is 2.65. The predicted molar refractivity (Wildman–Crippen MR) is 133 cm³/mol. The maximum absolute atomic E-state index is 11.1. The highest BCUT2D eigenvalue weighted by Gasteiger charge is 2.16. The lowest BCUT2D eigenvalue weighted by molar-refractivity contribution is 0.0697. The van der Waals surface area contributed by atoms with E-state index in [1.54, 1.807) is 30.0 Å². The number of carboxylic acids is 1. The monoisotopic (exact) mass is 502 g/mol. The number of rotatable bonds is 14. The fraction of sp³-hybridized carbons (Fsp3) is 0.417. The summed E-state index contributed by atoms with van der Waals surface area (Å²) in [7, 11) is 0. The molecule has 1 heterocycles. The van der Waals surface area contributed by atoms with Gasteiger partial charge in [-0.15, -0.1) is 16.9 Å². The summed E-state index contributed by atoms with van der Waals surface area (Å²) in [6.45, 7) is 2.23. The van der Waals surface area contributed by atoms with Crippen LogP contribution in [0, 0.1) is 0 Å². The minimum Gasteiger partial charge on any atom is -0.507 e. The zero-order valence-corrected chi connectivity index (χ0v) is 20.8. The van der Waals surface area contributed by atoms with Crippen LogP contribution in [0.2, 0.25) is 0 Å². The highest BCUT2D eigenvalue weighted by Crippen LogP contribution is 2.41. The topological polar surface area (TPSA) is 121 Å². The van der Waals surface area contributed by atoms with Crippen molar-refractivity contribution in [3.8, 4) is 17.2 Å². The van der Waals surface area contributed by atoms with Gasteiger partial charge in [0, 0.05) is 0 Å². The Labute approximate surface area is 207 Å². The van der Waals surface area contributed by atoms with E-state index in [4.69, 9.17) is 5.11 Å². The van der Waals surface area contributed by atoms with E-state index in [0.717, 1.165) is 23.9 Å². The van der Waals surface area contributed by atoms with E-state index in [1.165, 1.54) is 67.8 Å². The number of tetrazole rings is 1. The molecule has 0 radical (unpaired) electrons. The Morgan fingerprint density at radius 3 is 2.21 bits per heavy atom. The lowest BCUT2D eigenvalue weighted by Crippen LogP contribution is -2.01. The fourth-order valence-electron chi connectivity index (χ4n) is 3.40. The first-order valence-corrected chi connectivity index (χ1v) is 13.3. The number of carbonyl (C=O) groups is 1.